The van der Waals surface area contributed by atoms with Crippen molar-refractivity contribution < 1.29 is 27.8 Å². The molecular weight excluding hydrogens is 564 g/mol. The van der Waals surface area contributed by atoms with E-state index in [0.717, 1.165) is 6.26 Å². The number of benzene rings is 1. The number of carbonyl (C=O) groups excluding carboxylic acids is 1. The van der Waals surface area contributed by atoms with Gasteiger partial charge in [0, 0.05) is 37.7 Å². The first kappa shape index (κ1) is 27.8. The molecule has 4 aromatic rings. The number of amides is 1. The predicted octanol–water partition coefficient (Wildman–Crippen LogP) is 1.87. The van der Waals surface area contributed by atoms with Crippen molar-refractivity contribution >= 4 is 43.8 Å². The van der Waals surface area contributed by atoms with E-state index < -0.39 is 20.8 Å². The van der Waals surface area contributed by atoms with Crippen LogP contribution in [0.25, 0.3) is 16.5 Å². The Hall–Kier alpha value is -4.40. The van der Waals surface area contributed by atoms with Gasteiger partial charge in [-0.3, -0.25) is 9.59 Å². The molecule has 0 spiro atoms. The normalized spacial score (nSPS) is 18.1. The highest BCUT2D eigenvalue weighted by atomic mass is 32.2. The third-order valence-electron chi connectivity index (χ3n) is 7.43. The second-order valence-corrected chi connectivity index (χ2v) is 12.4. The maximum Gasteiger partial charge on any atom is 0.279 e. The molecule has 218 valence electrons. The molecule has 3 aromatic heterocycles. The first-order chi connectivity index (χ1) is 20.1. The maximum absolute atomic E-state index is 13.7. The Kier molecular flexibility index (Phi) is 6.91. The molecule has 5 heterocycles. The molecule has 42 heavy (non-hydrogen) atoms. The van der Waals surface area contributed by atoms with E-state index in [0.29, 0.717) is 53.8 Å². The van der Waals surface area contributed by atoms with Gasteiger partial charge in [-0.25, -0.2) is 18.4 Å². The fourth-order valence-corrected chi connectivity index (χ4v) is 5.88. The first-order valence-electron chi connectivity index (χ1n) is 13.2. The van der Waals surface area contributed by atoms with E-state index in [1.165, 1.54) is 29.9 Å². The minimum absolute atomic E-state index is 0.139. The summed E-state index contributed by atoms with van der Waals surface area (Å²) >= 11 is 0. The van der Waals surface area contributed by atoms with Crippen LogP contribution in [-0.4, -0.2) is 71.9 Å². The van der Waals surface area contributed by atoms with Gasteiger partial charge >= 0.3 is 0 Å². The van der Waals surface area contributed by atoms with Crippen LogP contribution in [0.3, 0.4) is 0 Å². The van der Waals surface area contributed by atoms with Gasteiger partial charge in [-0.2, -0.15) is 9.78 Å². The van der Waals surface area contributed by atoms with Crippen molar-refractivity contribution in [3.63, 3.8) is 0 Å². The van der Waals surface area contributed by atoms with E-state index in [-0.39, 0.29) is 47.2 Å². The van der Waals surface area contributed by atoms with E-state index in [9.17, 15) is 23.1 Å². The van der Waals surface area contributed by atoms with E-state index in [1.54, 1.807) is 24.3 Å². The lowest BCUT2D eigenvalue weighted by Crippen LogP contribution is -2.31. The number of aliphatic hydroxyl groups is 1. The average molecular weight is 593 g/mol. The van der Waals surface area contributed by atoms with Crippen LogP contribution in [-0.2, 0) is 31.2 Å². The molecule has 1 unspecified atom stereocenters. The van der Waals surface area contributed by atoms with Crippen molar-refractivity contribution in [3.8, 4) is 11.4 Å². The fourth-order valence-electron chi connectivity index (χ4n) is 5.27. The maximum atomic E-state index is 13.7. The highest BCUT2D eigenvalue weighted by Gasteiger charge is 2.37. The number of nitrogens with one attached hydrogen (secondary N) is 2. The van der Waals surface area contributed by atoms with Crippen molar-refractivity contribution in [3.05, 3.63) is 64.2 Å². The van der Waals surface area contributed by atoms with Crippen molar-refractivity contribution in [2.75, 3.05) is 43.3 Å². The number of pyridine rings is 2. The third-order valence-corrected chi connectivity index (χ3v) is 8.40. The number of aromatic nitrogens is 4. The molecule has 1 fully saturated rings. The van der Waals surface area contributed by atoms with Crippen molar-refractivity contribution in [2.24, 2.45) is 0 Å². The van der Waals surface area contributed by atoms with Crippen LogP contribution >= 0.6 is 0 Å². The summed E-state index contributed by atoms with van der Waals surface area (Å²) in [4.78, 5) is 34.2. The van der Waals surface area contributed by atoms with E-state index in [2.05, 4.69) is 25.7 Å². The van der Waals surface area contributed by atoms with E-state index in [1.807, 2.05) is 0 Å². The minimum atomic E-state index is -3.75. The third kappa shape index (κ3) is 4.97. The SMILES string of the molecule is CC(=O)Nc1cc(Nc2cc(C3(CO)CCOC3)cc(S(C)(=O)=O)n2)c(-n2nc3c4c(cccc4c2=O)OCC3)cn1. The molecule has 13 nitrogen and oxygen atoms in total. The number of ether oxygens (including phenoxy) is 2. The Morgan fingerprint density at radius 1 is 1.19 bits per heavy atom. The van der Waals surface area contributed by atoms with Gasteiger partial charge in [0.2, 0.25) is 5.91 Å². The second kappa shape index (κ2) is 10.5. The number of sulfone groups is 1. The monoisotopic (exact) mass is 592 g/mol. The number of anilines is 3. The lowest BCUT2D eigenvalue weighted by Gasteiger charge is -2.26. The van der Waals surface area contributed by atoms with Gasteiger partial charge in [0.1, 0.15) is 23.1 Å². The number of aliphatic hydroxyl groups excluding tert-OH is 1. The van der Waals surface area contributed by atoms with Gasteiger partial charge in [-0.1, -0.05) is 6.07 Å². The quantitative estimate of drug-likeness (QED) is 0.286. The van der Waals surface area contributed by atoms with Crippen LogP contribution in [0.5, 0.6) is 5.75 Å². The van der Waals surface area contributed by atoms with Gasteiger partial charge in [0.15, 0.2) is 14.9 Å². The summed E-state index contributed by atoms with van der Waals surface area (Å²) in [5.41, 5.74) is 0.519. The smallest absolute Gasteiger partial charge is 0.279 e. The van der Waals surface area contributed by atoms with E-state index >= 15 is 0 Å². The Morgan fingerprint density at radius 3 is 2.74 bits per heavy atom. The number of hydrogen-bond acceptors (Lipinski definition) is 11. The molecule has 0 aliphatic carbocycles. The second-order valence-electron chi connectivity index (χ2n) is 10.4. The lowest BCUT2D eigenvalue weighted by molar-refractivity contribution is -0.114. The Morgan fingerprint density at radius 2 is 2.02 bits per heavy atom. The zero-order valence-electron chi connectivity index (χ0n) is 22.9. The largest absolute Gasteiger partial charge is 0.492 e. The molecule has 3 N–H and O–H groups in total. The molecule has 14 heteroatoms. The summed E-state index contributed by atoms with van der Waals surface area (Å²) in [5, 5.41) is 21.5. The number of rotatable bonds is 7. The van der Waals surface area contributed by atoms with Gasteiger partial charge in [0.05, 0.1) is 48.2 Å². The first-order valence-corrected chi connectivity index (χ1v) is 15.1. The molecule has 2 aliphatic rings. The van der Waals surface area contributed by atoms with Gasteiger partial charge in [-0.05, 0) is 36.2 Å². The van der Waals surface area contributed by atoms with Crippen molar-refractivity contribution in [1.29, 1.82) is 0 Å². The van der Waals surface area contributed by atoms with Crippen molar-refractivity contribution in [2.45, 2.75) is 30.2 Å². The molecule has 1 aromatic carbocycles. The highest BCUT2D eigenvalue weighted by molar-refractivity contribution is 7.90. The minimum Gasteiger partial charge on any atom is -0.492 e. The Labute approximate surface area is 240 Å². The van der Waals surface area contributed by atoms with Crippen LogP contribution in [0.15, 0.2) is 52.4 Å². The molecule has 0 saturated carbocycles. The summed E-state index contributed by atoms with van der Waals surface area (Å²) in [5.74, 6) is 0.561. The molecule has 0 radical (unpaired) electrons. The Bertz CT molecular complexity index is 1900. The highest BCUT2D eigenvalue weighted by Crippen LogP contribution is 2.36. The number of hydrogen-bond donors (Lipinski definition) is 3. The Balaban J connectivity index is 1.54. The molecule has 0 bridgehead atoms. The zero-order chi connectivity index (χ0) is 29.6. The summed E-state index contributed by atoms with van der Waals surface area (Å²) in [6.07, 6.45) is 3.43. The molecule has 2 aliphatic heterocycles. The van der Waals surface area contributed by atoms with Crippen LogP contribution in [0.4, 0.5) is 17.3 Å². The van der Waals surface area contributed by atoms with Gasteiger partial charge in [0.25, 0.3) is 5.56 Å². The molecule has 6 rings (SSSR count). The topological polar surface area (TPSA) is 175 Å². The van der Waals surface area contributed by atoms with Crippen molar-refractivity contribution in [1.82, 2.24) is 19.7 Å². The van der Waals surface area contributed by atoms with Gasteiger partial charge < -0.3 is 25.2 Å². The van der Waals surface area contributed by atoms with Gasteiger partial charge in [-0.15, -0.1) is 0 Å². The molecular formula is C28H28N6O7S. The number of nitrogens with zero attached hydrogens (tertiary/aromatic N) is 4. The number of carbonyl (C=O) groups is 1. The van der Waals surface area contributed by atoms with E-state index in [4.69, 9.17) is 9.47 Å². The summed E-state index contributed by atoms with van der Waals surface area (Å²) in [6, 6.07) is 9.83. The standard InChI is InChI=1S/C28H28N6O7S/c1-16(36)30-23-12-20(31-24-10-17(11-25(32-24)42(2,38)39)28(14-35)7-9-40-15-28)21(13-29-23)34-27(37)18-4-3-5-22-26(18)19(33-34)6-8-41-22/h3-5,10-13,35H,6-9,14-15H2,1-2H3,(H2,29,30,31,32,36). The van der Waals surface area contributed by atoms with Crippen LogP contribution in [0, 0.1) is 0 Å². The average Bonchev–Trinajstić information content (AvgIpc) is 3.45. The summed E-state index contributed by atoms with van der Waals surface area (Å²) in [6.45, 7) is 2.12. The molecule has 1 amide bonds. The van der Waals surface area contributed by atoms with Crippen LogP contribution in [0.1, 0.15) is 24.6 Å². The predicted molar refractivity (Wildman–Crippen MR) is 153 cm³/mol. The molecule has 1 atom stereocenters. The van der Waals surface area contributed by atoms with Crippen LogP contribution in [0.2, 0.25) is 0 Å². The zero-order valence-corrected chi connectivity index (χ0v) is 23.7. The summed E-state index contributed by atoms with van der Waals surface area (Å²) in [7, 11) is -3.75. The van der Waals surface area contributed by atoms with Crippen LogP contribution < -0.4 is 20.9 Å². The molecule has 1 saturated heterocycles. The summed E-state index contributed by atoms with van der Waals surface area (Å²) < 4.78 is 37.7. The fraction of sp³-hybridized carbons (Fsp3) is 0.321. The lowest BCUT2D eigenvalue weighted by atomic mass is 9.81.